The highest BCUT2D eigenvalue weighted by atomic mass is 35.5. The van der Waals surface area contributed by atoms with Crippen molar-refractivity contribution in [1.29, 1.82) is 0 Å². The summed E-state index contributed by atoms with van der Waals surface area (Å²) >= 11 is 6.02. The molecule has 1 aromatic rings. The Morgan fingerprint density at radius 1 is 1.30 bits per heavy atom. The zero-order valence-electron chi connectivity index (χ0n) is 11.8. The lowest BCUT2D eigenvalue weighted by molar-refractivity contribution is 0.248. The summed E-state index contributed by atoms with van der Waals surface area (Å²) in [4.78, 5) is 12.0. The van der Waals surface area contributed by atoms with E-state index < -0.39 is 0 Å². The molecule has 1 fully saturated rings. The van der Waals surface area contributed by atoms with Gasteiger partial charge in [0.15, 0.2) is 0 Å². The molecule has 6 heteroatoms. The quantitative estimate of drug-likeness (QED) is 0.877. The van der Waals surface area contributed by atoms with Gasteiger partial charge in [-0.15, -0.1) is 0 Å². The fourth-order valence-corrected chi connectivity index (χ4v) is 2.27. The first-order valence-corrected chi connectivity index (χ1v) is 6.92. The van der Waals surface area contributed by atoms with Crippen LogP contribution in [0.2, 0.25) is 5.02 Å². The minimum Gasteiger partial charge on any atom is -0.495 e. The van der Waals surface area contributed by atoms with Crippen LogP contribution in [0.1, 0.15) is 19.8 Å². The summed E-state index contributed by atoms with van der Waals surface area (Å²) < 4.78 is 10.3. The highest BCUT2D eigenvalue weighted by Crippen LogP contribution is 2.36. The standard InChI is InChI=1S/C14H19ClN2O3/c1-8(9-4-5-9)16-14(18)17-11-7-12(19-2)10(15)6-13(11)20-3/h6-9H,4-5H2,1-3H3,(H2,16,17,18). The van der Waals surface area contributed by atoms with E-state index in [1.54, 1.807) is 12.1 Å². The number of carbonyl (C=O) groups is 1. The molecular weight excluding hydrogens is 280 g/mol. The van der Waals surface area contributed by atoms with Crippen LogP contribution in [0.5, 0.6) is 11.5 Å². The van der Waals surface area contributed by atoms with Gasteiger partial charge in [-0.1, -0.05) is 11.6 Å². The molecule has 1 aliphatic carbocycles. The van der Waals surface area contributed by atoms with Gasteiger partial charge >= 0.3 is 6.03 Å². The summed E-state index contributed by atoms with van der Waals surface area (Å²) in [7, 11) is 3.04. The maximum atomic E-state index is 12.0. The van der Waals surface area contributed by atoms with Crippen molar-refractivity contribution in [3.05, 3.63) is 17.2 Å². The van der Waals surface area contributed by atoms with Crippen molar-refractivity contribution in [3.63, 3.8) is 0 Å². The van der Waals surface area contributed by atoms with Crippen molar-refractivity contribution in [2.45, 2.75) is 25.8 Å². The Morgan fingerprint density at radius 3 is 2.50 bits per heavy atom. The van der Waals surface area contributed by atoms with Crippen molar-refractivity contribution in [2.24, 2.45) is 5.92 Å². The molecule has 2 amide bonds. The molecule has 0 radical (unpaired) electrons. The van der Waals surface area contributed by atoms with Crippen molar-refractivity contribution >= 4 is 23.3 Å². The number of methoxy groups -OCH3 is 2. The highest BCUT2D eigenvalue weighted by molar-refractivity contribution is 6.32. The first-order valence-electron chi connectivity index (χ1n) is 6.54. The Balaban J connectivity index is 2.08. The maximum absolute atomic E-state index is 12.0. The number of urea groups is 1. The second kappa shape index (κ2) is 6.22. The number of amides is 2. The van der Waals surface area contributed by atoms with Gasteiger partial charge in [-0.2, -0.15) is 0 Å². The van der Waals surface area contributed by atoms with E-state index in [9.17, 15) is 4.79 Å². The molecule has 0 heterocycles. The van der Waals surface area contributed by atoms with Crippen LogP contribution in [0.15, 0.2) is 12.1 Å². The zero-order chi connectivity index (χ0) is 14.7. The molecular formula is C14H19ClN2O3. The molecule has 0 spiro atoms. The molecule has 0 bridgehead atoms. The number of ether oxygens (including phenoxy) is 2. The van der Waals surface area contributed by atoms with Gasteiger partial charge in [0.1, 0.15) is 11.5 Å². The number of benzene rings is 1. The van der Waals surface area contributed by atoms with Crippen molar-refractivity contribution in [1.82, 2.24) is 5.32 Å². The Labute approximate surface area is 123 Å². The number of carbonyl (C=O) groups excluding carboxylic acids is 1. The van der Waals surface area contributed by atoms with E-state index in [1.807, 2.05) is 6.92 Å². The lowest BCUT2D eigenvalue weighted by atomic mass is 10.2. The molecule has 1 saturated carbocycles. The molecule has 0 aromatic heterocycles. The topological polar surface area (TPSA) is 59.6 Å². The molecule has 5 nitrogen and oxygen atoms in total. The van der Waals surface area contributed by atoms with Gasteiger partial charge in [0.2, 0.25) is 0 Å². The number of nitrogens with one attached hydrogen (secondary N) is 2. The largest absolute Gasteiger partial charge is 0.495 e. The van der Waals surface area contributed by atoms with Gasteiger partial charge in [0.25, 0.3) is 0 Å². The molecule has 1 aliphatic rings. The molecule has 1 atom stereocenters. The minimum absolute atomic E-state index is 0.176. The minimum atomic E-state index is -0.257. The van der Waals surface area contributed by atoms with Crippen molar-refractivity contribution < 1.29 is 14.3 Å². The van der Waals surface area contributed by atoms with Crippen LogP contribution < -0.4 is 20.1 Å². The third-order valence-corrected chi connectivity index (χ3v) is 3.71. The average Bonchev–Trinajstić information content (AvgIpc) is 3.24. The van der Waals surface area contributed by atoms with E-state index in [1.165, 1.54) is 27.1 Å². The van der Waals surface area contributed by atoms with Gasteiger partial charge in [-0.05, 0) is 25.7 Å². The van der Waals surface area contributed by atoms with Crippen molar-refractivity contribution in [2.75, 3.05) is 19.5 Å². The molecule has 0 saturated heterocycles. The van der Waals surface area contributed by atoms with Gasteiger partial charge in [0.05, 0.1) is 24.9 Å². The van der Waals surface area contributed by atoms with Gasteiger partial charge < -0.3 is 20.1 Å². The summed E-state index contributed by atoms with van der Waals surface area (Å²) in [5, 5.41) is 6.11. The molecule has 1 unspecified atom stereocenters. The number of anilines is 1. The third-order valence-electron chi connectivity index (χ3n) is 3.41. The summed E-state index contributed by atoms with van der Waals surface area (Å²) in [6, 6.07) is 3.17. The van der Waals surface area contributed by atoms with E-state index in [0.29, 0.717) is 28.1 Å². The zero-order valence-corrected chi connectivity index (χ0v) is 12.6. The molecule has 0 aliphatic heterocycles. The van der Waals surface area contributed by atoms with Gasteiger partial charge in [0, 0.05) is 18.2 Å². The Bertz CT molecular complexity index is 503. The van der Waals surface area contributed by atoms with E-state index in [2.05, 4.69) is 10.6 Å². The monoisotopic (exact) mass is 298 g/mol. The van der Waals surface area contributed by atoms with Gasteiger partial charge in [-0.3, -0.25) is 0 Å². The predicted octanol–water partition coefficient (Wildman–Crippen LogP) is 3.28. The fraction of sp³-hybridized carbons (Fsp3) is 0.500. The van der Waals surface area contributed by atoms with Crippen molar-refractivity contribution in [3.8, 4) is 11.5 Å². The smallest absolute Gasteiger partial charge is 0.319 e. The van der Waals surface area contributed by atoms with Crippen LogP contribution in [0.3, 0.4) is 0 Å². The number of hydrogen-bond donors (Lipinski definition) is 2. The Hall–Kier alpha value is -1.62. The molecule has 110 valence electrons. The fourth-order valence-electron chi connectivity index (χ4n) is 2.04. The molecule has 2 N–H and O–H groups in total. The molecule has 1 aromatic carbocycles. The SMILES string of the molecule is COc1cc(NC(=O)NC(C)C2CC2)c(OC)cc1Cl. The lowest BCUT2D eigenvalue weighted by Gasteiger charge is -2.16. The first-order chi connectivity index (χ1) is 9.55. The molecule has 2 rings (SSSR count). The van der Waals surface area contributed by atoms with E-state index in [4.69, 9.17) is 21.1 Å². The predicted molar refractivity (Wildman–Crippen MR) is 78.9 cm³/mol. The van der Waals surface area contributed by atoms with Crippen LogP contribution in [-0.2, 0) is 0 Å². The van der Waals surface area contributed by atoms with Crippen LogP contribution in [0.25, 0.3) is 0 Å². The van der Waals surface area contributed by atoms with E-state index >= 15 is 0 Å². The molecule has 20 heavy (non-hydrogen) atoms. The van der Waals surface area contributed by atoms with Crippen LogP contribution >= 0.6 is 11.6 Å². The highest BCUT2D eigenvalue weighted by Gasteiger charge is 2.29. The second-order valence-corrected chi connectivity index (χ2v) is 5.32. The first kappa shape index (κ1) is 14.8. The summed E-state index contributed by atoms with van der Waals surface area (Å²) in [5.41, 5.74) is 0.522. The normalized spacial score (nSPS) is 15.4. The van der Waals surface area contributed by atoms with E-state index in [0.717, 1.165) is 0 Å². The van der Waals surface area contributed by atoms with Gasteiger partial charge in [-0.25, -0.2) is 4.79 Å². The van der Waals surface area contributed by atoms with Crippen LogP contribution in [0, 0.1) is 5.92 Å². The average molecular weight is 299 g/mol. The summed E-state index contributed by atoms with van der Waals surface area (Å²) in [5.74, 6) is 1.57. The van der Waals surface area contributed by atoms with E-state index in [-0.39, 0.29) is 12.1 Å². The maximum Gasteiger partial charge on any atom is 0.319 e. The summed E-state index contributed by atoms with van der Waals surface area (Å²) in [6.45, 7) is 2.01. The third kappa shape index (κ3) is 3.48. The Kier molecular flexibility index (Phi) is 4.60. The summed E-state index contributed by atoms with van der Waals surface area (Å²) in [6.07, 6.45) is 2.36. The number of rotatable bonds is 5. The number of halogens is 1. The van der Waals surface area contributed by atoms with Crippen LogP contribution in [0.4, 0.5) is 10.5 Å². The lowest BCUT2D eigenvalue weighted by Crippen LogP contribution is -2.37. The van der Waals surface area contributed by atoms with Crippen LogP contribution in [-0.4, -0.2) is 26.3 Å². The number of hydrogen-bond acceptors (Lipinski definition) is 3. The Morgan fingerprint density at radius 2 is 1.95 bits per heavy atom. The second-order valence-electron chi connectivity index (χ2n) is 4.91.